The van der Waals surface area contributed by atoms with Crippen LogP contribution in [0.2, 0.25) is 0 Å². The predicted molar refractivity (Wildman–Crippen MR) is 67.3 cm³/mol. The second-order valence-corrected chi connectivity index (χ2v) is 6.12. The highest BCUT2D eigenvalue weighted by molar-refractivity contribution is 7.86. The Balaban J connectivity index is 5.73. The first-order valence-corrected chi connectivity index (χ1v) is 8.05. The van der Waals surface area contributed by atoms with Crippen molar-refractivity contribution in [2.45, 2.75) is 43.4 Å². The van der Waals surface area contributed by atoms with Crippen LogP contribution in [0.5, 0.6) is 0 Å². The normalized spacial score (nSPS) is 15.8. The number of hydrogen-bond donors (Lipinski definition) is 0. The molecule has 0 aliphatic carbocycles. The molecule has 0 spiro atoms. The van der Waals surface area contributed by atoms with Crippen LogP contribution in [0.25, 0.3) is 0 Å². The summed E-state index contributed by atoms with van der Waals surface area (Å²) in [5, 5.41) is -6.18. The van der Waals surface area contributed by atoms with Crippen molar-refractivity contribution in [3.8, 4) is 0 Å². The summed E-state index contributed by atoms with van der Waals surface area (Å²) in [4.78, 5) is 22.4. The molecule has 0 heterocycles. The topological polar surface area (TPSA) is 119 Å². The highest BCUT2D eigenvalue weighted by Gasteiger charge is 2.68. The molecule has 0 N–H and O–H groups in total. The van der Waals surface area contributed by atoms with E-state index < -0.39 is 64.8 Å². The first-order chi connectivity index (χ1) is 11.9. The summed E-state index contributed by atoms with van der Waals surface area (Å²) in [6, 6.07) is 0. The molecule has 0 bridgehead atoms. The SMILES string of the molecule is CCOC(=O)C(OCCC(F)(F)C(F)(F)S(=O)(=O)[O-])(OC(C)=O)C(F)(F)F. The monoisotopic (exact) mass is 437 g/mol. The van der Waals surface area contributed by atoms with Crippen LogP contribution >= 0.6 is 0 Å². The first-order valence-electron chi connectivity index (χ1n) is 6.64. The third-order valence-corrected chi connectivity index (χ3v) is 3.59. The molecule has 0 aromatic rings. The lowest BCUT2D eigenvalue weighted by Crippen LogP contribution is -2.58. The zero-order valence-electron chi connectivity index (χ0n) is 13.4. The van der Waals surface area contributed by atoms with Crippen molar-refractivity contribution in [3.05, 3.63) is 0 Å². The molecular weight excluding hydrogens is 425 g/mol. The van der Waals surface area contributed by atoms with Gasteiger partial charge in [-0.2, -0.15) is 30.7 Å². The fraction of sp³-hybridized carbons (Fsp3) is 0.818. The van der Waals surface area contributed by atoms with Crippen molar-refractivity contribution in [2.24, 2.45) is 0 Å². The minimum absolute atomic E-state index is 0.385. The zero-order valence-corrected chi connectivity index (χ0v) is 14.3. The quantitative estimate of drug-likeness (QED) is 0.231. The van der Waals surface area contributed by atoms with Gasteiger partial charge in [0.1, 0.15) is 0 Å². The van der Waals surface area contributed by atoms with Gasteiger partial charge in [0.25, 0.3) is 0 Å². The fourth-order valence-corrected chi connectivity index (χ4v) is 1.93. The summed E-state index contributed by atoms with van der Waals surface area (Å²) in [7, 11) is -6.89. The largest absolute Gasteiger partial charge is 0.743 e. The summed E-state index contributed by atoms with van der Waals surface area (Å²) >= 11 is 0. The number of hydrogen-bond acceptors (Lipinski definition) is 8. The lowest BCUT2D eigenvalue weighted by Gasteiger charge is -2.33. The maximum absolute atomic E-state index is 13.3. The molecule has 27 heavy (non-hydrogen) atoms. The van der Waals surface area contributed by atoms with Crippen molar-refractivity contribution in [1.82, 2.24) is 0 Å². The van der Waals surface area contributed by atoms with E-state index in [4.69, 9.17) is 0 Å². The standard InChI is InChI=1S/C11H13F7O8S/c1-3-24-7(20)9(10(14,15)16,26-6(2)19)25-5-4-8(12,13)11(17,18)27(21,22)23/h3-5H2,1-2H3,(H,21,22,23)/p-1. The Hall–Kier alpha value is -1.68. The van der Waals surface area contributed by atoms with Crippen LogP contribution < -0.4 is 0 Å². The Kier molecular flexibility index (Phi) is 7.63. The summed E-state index contributed by atoms with van der Waals surface area (Å²) < 4.78 is 134. The molecule has 0 aliphatic rings. The van der Waals surface area contributed by atoms with Gasteiger partial charge in [0.2, 0.25) is 0 Å². The lowest BCUT2D eigenvalue weighted by molar-refractivity contribution is -0.357. The maximum Gasteiger partial charge on any atom is 0.468 e. The Morgan fingerprint density at radius 3 is 1.85 bits per heavy atom. The van der Waals surface area contributed by atoms with E-state index in [9.17, 15) is 53.3 Å². The molecule has 0 amide bonds. The average molecular weight is 437 g/mol. The van der Waals surface area contributed by atoms with Crippen molar-refractivity contribution in [2.75, 3.05) is 13.2 Å². The van der Waals surface area contributed by atoms with Gasteiger partial charge < -0.3 is 18.8 Å². The molecule has 0 fully saturated rings. The lowest BCUT2D eigenvalue weighted by atomic mass is 10.2. The summed E-state index contributed by atoms with van der Waals surface area (Å²) in [5.41, 5.74) is 0. The van der Waals surface area contributed by atoms with Crippen LogP contribution in [-0.4, -0.2) is 61.3 Å². The van der Waals surface area contributed by atoms with Crippen molar-refractivity contribution in [1.29, 1.82) is 0 Å². The zero-order chi connectivity index (χ0) is 21.9. The summed E-state index contributed by atoms with van der Waals surface area (Å²) in [6.07, 6.45) is -8.35. The van der Waals surface area contributed by atoms with Crippen molar-refractivity contribution < 1.29 is 67.5 Å². The number of halogens is 7. The molecule has 0 rings (SSSR count). The second kappa shape index (κ2) is 8.14. The first kappa shape index (κ1) is 25.3. The van der Waals surface area contributed by atoms with Crippen LogP contribution in [0, 0.1) is 0 Å². The minimum Gasteiger partial charge on any atom is -0.743 e. The van der Waals surface area contributed by atoms with Gasteiger partial charge in [-0.15, -0.1) is 0 Å². The van der Waals surface area contributed by atoms with Crippen LogP contribution in [0.15, 0.2) is 0 Å². The van der Waals surface area contributed by atoms with Gasteiger partial charge in [-0.05, 0) is 6.92 Å². The number of carbonyl (C=O) groups excluding carboxylic acids is 2. The Bertz CT molecular complexity index is 660. The average Bonchev–Trinajstić information content (AvgIpc) is 2.43. The van der Waals surface area contributed by atoms with Gasteiger partial charge in [-0.25, -0.2) is 13.2 Å². The van der Waals surface area contributed by atoms with Gasteiger partial charge in [0, 0.05) is 13.3 Å². The molecule has 0 saturated heterocycles. The number of rotatable bonds is 9. The highest BCUT2D eigenvalue weighted by Crippen LogP contribution is 2.42. The van der Waals surface area contributed by atoms with Gasteiger partial charge in [0.15, 0.2) is 10.1 Å². The Morgan fingerprint density at radius 1 is 1.04 bits per heavy atom. The Labute approximate surface area is 147 Å². The third kappa shape index (κ3) is 5.41. The number of alkyl halides is 7. The molecule has 1 atom stereocenters. The molecule has 1 unspecified atom stereocenters. The van der Waals surface area contributed by atoms with E-state index in [2.05, 4.69) is 14.2 Å². The van der Waals surface area contributed by atoms with Crippen molar-refractivity contribution in [3.63, 3.8) is 0 Å². The van der Waals surface area contributed by atoms with E-state index in [1.807, 2.05) is 0 Å². The summed E-state index contributed by atoms with van der Waals surface area (Å²) in [5.74, 6) is -14.4. The van der Waals surface area contributed by atoms with E-state index in [1.165, 1.54) is 0 Å². The van der Waals surface area contributed by atoms with Gasteiger partial charge in [-0.1, -0.05) is 0 Å². The van der Waals surface area contributed by atoms with Crippen LogP contribution in [0.3, 0.4) is 0 Å². The van der Waals surface area contributed by atoms with E-state index in [-0.39, 0.29) is 0 Å². The predicted octanol–water partition coefficient (Wildman–Crippen LogP) is 1.55. The molecule has 8 nitrogen and oxygen atoms in total. The smallest absolute Gasteiger partial charge is 0.468 e. The molecule has 0 aromatic carbocycles. The Morgan fingerprint density at radius 2 is 1.52 bits per heavy atom. The fourth-order valence-electron chi connectivity index (χ4n) is 1.47. The van der Waals surface area contributed by atoms with Gasteiger partial charge in [0.05, 0.1) is 13.2 Å². The molecule has 0 radical (unpaired) electrons. The van der Waals surface area contributed by atoms with Gasteiger partial charge in [-0.3, -0.25) is 4.79 Å². The summed E-state index contributed by atoms with van der Waals surface area (Å²) in [6.45, 7) is -1.37. The maximum atomic E-state index is 13.3. The van der Waals surface area contributed by atoms with E-state index >= 15 is 0 Å². The van der Waals surface area contributed by atoms with Crippen molar-refractivity contribution >= 4 is 22.1 Å². The molecule has 16 heteroatoms. The van der Waals surface area contributed by atoms with E-state index in [1.54, 1.807) is 0 Å². The molecule has 0 saturated carbocycles. The van der Waals surface area contributed by atoms with Crippen LogP contribution in [-0.2, 0) is 33.9 Å². The third-order valence-electron chi connectivity index (χ3n) is 2.67. The number of esters is 2. The molecule has 0 aliphatic heterocycles. The second-order valence-electron chi connectivity index (χ2n) is 4.70. The molecule has 160 valence electrons. The van der Waals surface area contributed by atoms with E-state index in [0.29, 0.717) is 6.92 Å². The molecular formula is C11H12F7O8S-. The molecule has 0 aromatic heterocycles. The van der Waals surface area contributed by atoms with Crippen LogP contribution in [0.4, 0.5) is 30.7 Å². The van der Waals surface area contributed by atoms with Crippen LogP contribution in [0.1, 0.15) is 20.3 Å². The minimum atomic E-state index is -6.89. The van der Waals surface area contributed by atoms with E-state index in [0.717, 1.165) is 6.92 Å². The van der Waals surface area contributed by atoms with Gasteiger partial charge >= 0.3 is 35.1 Å². The number of ether oxygens (including phenoxy) is 3. The highest BCUT2D eigenvalue weighted by atomic mass is 32.2. The number of carbonyl (C=O) groups is 2.